The van der Waals surface area contributed by atoms with Crippen molar-refractivity contribution in [3.63, 3.8) is 0 Å². The average Bonchev–Trinajstić information content (AvgIpc) is 3.11. The predicted molar refractivity (Wildman–Crippen MR) is 92.3 cm³/mol. The molecular formula is C17H13N3O3S. The van der Waals surface area contributed by atoms with Crippen LogP contribution in [0.2, 0.25) is 0 Å². The lowest BCUT2D eigenvalue weighted by Gasteiger charge is -2.16. The Bertz CT molecular complexity index is 864. The van der Waals surface area contributed by atoms with Crippen LogP contribution in [-0.2, 0) is 4.79 Å². The number of benzene rings is 1. The number of aromatic nitrogens is 2. The number of carbonyl (C=O) groups excluding carboxylic acids is 1. The topological polar surface area (TPSA) is 86.5 Å². The van der Waals surface area contributed by atoms with Gasteiger partial charge < -0.3 is 10.2 Å². The molecule has 3 rings (SSSR count). The lowest BCUT2D eigenvalue weighted by molar-refractivity contribution is -0.113. The Morgan fingerprint density at radius 3 is 2.62 bits per heavy atom. The van der Waals surface area contributed by atoms with Crippen molar-refractivity contribution < 1.29 is 15.0 Å². The summed E-state index contributed by atoms with van der Waals surface area (Å²) in [4.78, 5) is 22.4. The second-order valence-corrected chi connectivity index (χ2v) is 5.63. The molecule has 0 aliphatic heterocycles. The van der Waals surface area contributed by atoms with Crippen molar-refractivity contribution in [1.29, 1.82) is 0 Å². The van der Waals surface area contributed by atoms with Crippen LogP contribution in [0.5, 0.6) is 11.5 Å². The molecule has 24 heavy (non-hydrogen) atoms. The summed E-state index contributed by atoms with van der Waals surface area (Å²) >= 11 is 1.33. The SMILES string of the molecule is O=C(/C=C/c1ccc(O)c(O)c1)N(c1ccccn1)c1nccs1. The lowest BCUT2D eigenvalue weighted by Crippen LogP contribution is -2.24. The number of thiazole rings is 1. The van der Waals surface area contributed by atoms with Gasteiger partial charge in [0.2, 0.25) is 0 Å². The van der Waals surface area contributed by atoms with Gasteiger partial charge in [0, 0.05) is 23.8 Å². The zero-order valence-electron chi connectivity index (χ0n) is 12.4. The smallest absolute Gasteiger partial charge is 0.258 e. The van der Waals surface area contributed by atoms with E-state index < -0.39 is 0 Å². The summed E-state index contributed by atoms with van der Waals surface area (Å²) < 4.78 is 0. The van der Waals surface area contributed by atoms with Crippen LogP contribution in [0.15, 0.2) is 60.2 Å². The van der Waals surface area contributed by atoms with Crippen molar-refractivity contribution in [1.82, 2.24) is 9.97 Å². The molecule has 0 aliphatic carbocycles. The third kappa shape index (κ3) is 3.41. The fraction of sp³-hybridized carbons (Fsp3) is 0. The van der Waals surface area contributed by atoms with Gasteiger partial charge >= 0.3 is 0 Å². The minimum Gasteiger partial charge on any atom is -0.504 e. The normalized spacial score (nSPS) is 10.8. The molecule has 6 nitrogen and oxygen atoms in total. The Morgan fingerprint density at radius 1 is 1.08 bits per heavy atom. The van der Waals surface area contributed by atoms with Crippen LogP contribution in [0.4, 0.5) is 10.9 Å². The largest absolute Gasteiger partial charge is 0.504 e. The number of hydrogen-bond donors (Lipinski definition) is 2. The molecule has 0 bridgehead atoms. The highest BCUT2D eigenvalue weighted by atomic mass is 32.1. The van der Waals surface area contributed by atoms with Gasteiger partial charge in [-0.2, -0.15) is 0 Å². The minimum atomic E-state index is -0.323. The van der Waals surface area contributed by atoms with E-state index in [4.69, 9.17) is 0 Å². The van der Waals surface area contributed by atoms with Gasteiger partial charge in [-0.25, -0.2) is 14.9 Å². The highest BCUT2D eigenvalue weighted by Crippen LogP contribution is 2.27. The fourth-order valence-electron chi connectivity index (χ4n) is 2.00. The molecule has 0 unspecified atom stereocenters. The maximum absolute atomic E-state index is 12.6. The fourth-order valence-corrected chi connectivity index (χ4v) is 2.66. The Morgan fingerprint density at radius 2 is 1.96 bits per heavy atom. The van der Waals surface area contributed by atoms with Gasteiger partial charge in [0.1, 0.15) is 5.82 Å². The summed E-state index contributed by atoms with van der Waals surface area (Å²) in [6.45, 7) is 0. The quantitative estimate of drug-likeness (QED) is 0.562. The number of aromatic hydroxyl groups is 2. The number of phenolic OH excluding ortho intramolecular Hbond substituents is 2. The number of amides is 1. The molecule has 2 aromatic heterocycles. The molecule has 120 valence electrons. The number of carbonyl (C=O) groups is 1. The van der Waals surface area contributed by atoms with Crippen LogP contribution in [-0.4, -0.2) is 26.1 Å². The first-order valence-electron chi connectivity index (χ1n) is 7.00. The molecule has 2 N–H and O–H groups in total. The molecule has 0 radical (unpaired) electrons. The molecule has 0 fully saturated rings. The molecule has 0 saturated carbocycles. The standard InChI is InChI=1S/C17H13N3O3S/c21-13-6-4-12(11-14(13)22)5-7-16(23)20(17-19-9-10-24-17)15-3-1-2-8-18-15/h1-11,21-22H/b7-5+. The number of anilines is 2. The number of hydrogen-bond acceptors (Lipinski definition) is 6. The zero-order valence-corrected chi connectivity index (χ0v) is 13.2. The Labute approximate surface area is 142 Å². The monoisotopic (exact) mass is 339 g/mol. The molecule has 1 amide bonds. The van der Waals surface area contributed by atoms with Crippen LogP contribution in [0.3, 0.4) is 0 Å². The van der Waals surface area contributed by atoms with Crippen molar-refractivity contribution in [3.05, 3.63) is 65.8 Å². The summed E-state index contributed by atoms with van der Waals surface area (Å²) in [5, 5.41) is 21.1. The molecule has 3 aromatic rings. The molecule has 1 aromatic carbocycles. The lowest BCUT2D eigenvalue weighted by atomic mass is 10.2. The van der Waals surface area contributed by atoms with Gasteiger partial charge in [-0.05, 0) is 35.9 Å². The molecule has 0 spiro atoms. The van der Waals surface area contributed by atoms with Gasteiger partial charge in [-0.3, -0.25) is 4.79 Å². The highest BCUT2D eigenvalue weighted by molar-refractivity contribution is 7.13. The first-order valence-corrected chi connectivity index (χ1v) is 7.88. The molecule has 0 atom stereocenters. The molecular weight excluding hydrogens is 326 g/mol. The van der Waals surface area contributed by atoms with E-state index in [0.717, 1.165) is 0 Å². The Hall–Kier alpha value is -3.19. The zero-order chi connectivity index (χ0) is 16.9. The van der Waals surface area contributed by atoms with Crippen LogP contribution < -0.4 is 4.90 Å². The van der Waals surface area contributed by atoms with Gasteiger partial charge in [0.25, 0.3) is 5.91 Å². The third-order valence-electron chi connectivity index (χ3n) is 3.13. The third-order valence-corrected chi connectivity index (χ3v) is 3.88. The van der Waals surface area contributed by atoms with E-state index in [2.05, 4.69) is 9.97 Å². The van der Waals surface area contributed by atoms with Crippen molar-refractivity contribution in [2.75, 3.05) is 4.90 Å². The second kappa shape index (κ2) is 6.93. The van der Waals surface area contributed by atoms with E-state index in [1.165, 1.54) is 34.4 Å². The number of pyridine rings is 1. The van der Waals surface area contributed by atoms with E-state index in [-0.39, 0.29) is 17.4 Å². The van der Waals surface area contributed by atoms with E-state index in [9.17, 15) is 15.0 Å². The van der Waals surface area contributed by atoms with Crippen molar-refractivity contribution in [2.45, 2.75) is 0 Å². The predicted octanol–water partition coefficient (Wildman–Crippen LogP) is 3.33. The molecule has 2 heterocycles. The van der Waals surface area contributed by atoms with Crippen LogP contribution >= 0.6 is 11.3 Å². The van der Waals surface area contributed by atoms with Crippen molar-refractivity contribution in [2.24, 2.45) is 0 Å². The van der Waals surface area contributed by atoms with Gasteiger partial charge in [-0.1, -0.05) is 12.1 Å². The summed E-state index contributed by atoms with van der Waals surface area (Å²) in [5.74, 6) is -0.311. The summed E-state index contributed by atoms with van der Waals surface area (Å²) in [5.41, 5.74) is 0.582. The van der Waals surface area contributed by atoms with Gasteiger partial charge in [0.15, 0.2) is 16.6 Å². The van der Waals surface area contributed by atoms with Crippen LogP contribution in [0.25, 0.3) is 6.08 Å². The Kier molecular flexibility index (Phi) is 4.53. The van der Waals surface area contributed by atoms with Gasteiger partial charge in [-0.15, -0.1) is 11.3 Å². The average molecular weight is 339 g/mol. The van der Waals surface area contributed by atoms with Gasteiger partial charge in [0.05, 0.1) is 0 Å². The van der Waals surface area contributed by atoms with E-state index in [1.54, 1.807) is 48.1 Å². The summed E-state index contributed by atoms with van der Waals surface area (Å²) in [6.07, 6.45) is 6.13. The maximum Gasteiger partial charge on any atom is 0.258 e. The summed E-state index contributed by atoms with van der Waals surface area (Å²) in [6, 6.07) is 9.60. The van der Waals surface area contributed by atoms with E-state index in [0.29, 0.717) is 16.5 Å². The van der Waals surface area contributed by atoms with E-state index in [1.807, 2.05) is 0 Å². The Balaban J connectivity index is 1.89. The molecule has 7 heteroatoms. The number of phenols is 2. The number of rotatable bonds is 4. The summed E-state index contributed by atoms with van der Waals surface area (Å²) in [7, 11) is 0. The highest BCUT2D eigenvalue weighted by Gasteiger charge is 2.19. The molecule has 0 aliphatic rings. The van der Waals surface area contributed by atoms with Crippen LogP contribution in [0.1, 0.15) is 5.56 Å². The van der Waals surface area contributed by atoms with Crippen LogP contribution in [0, 0.1) is 0 Å². The minimum absolute atomic E-state index is 0.212. The van der Waals surface area contributed by atoms with Crippen molar-refractivity contribution in [3.8, 4) is 11.5 Å². The number of nitrogens with zero attached hydrogens (tertiary/aromatic N) is 3. The first kappa shape index (κ1) is 15.7. The molecule has 0 saturated heterocycles. The maximum atomic E-state index is 12.6. The second-order valence-electron chi connectivity index (χ2n) is 4.76. The first-order chi connectivity index (χ1) is 11.6. The van der Waals surface area contributed by atoms with Crippen molar-refractivity contribution >= 4 is 34.3 Å². The van der Waals surface area contributed by atoms with E-state index >= 15 is 0 Å².